The van der Waals surface area contributed by atoms with E-state index in [0.29, 0.717) is 0 Å². The average molecular weight is 141 g/mol. The molecule has 0 aliphatic heterocycles. The molecule has 58 valence electrons. The summed E-state index contributed by atoms with van der Waals surface area (Å²) in [7, 11) is 0. The van der Waals surface area contributed by atoms with Crippen molar-refractivity contribution in [2.24, 2.45) is 5.73 Å². The normalized spacial score (nSPS) is 18.2. The van der Waals surface area contributed by atoms with E-state index >= 15 is 0 Å². The molecule has 0 fully saturated rings. The van der Waals surface area contributed by atoms with E-state index in [1.165, 1.54) is 0 Å². The maximum absolute atomic E-state index is 8.79. The highest BCUT2D eigenvalue weighted by molar-refractivity contribution is 5.19. The molecule has 0 aromatic carbocycles. The quantitative estimate of drug-likeness (QED) is 0.572. The van der Waals surface area contributed by atoms with Crippen LogP contribution in [-0.4, -0.2) is 17.3 Å². The molecule has 1 atom stereocenters. The molecular weight excluding hydrogens is 126 g/mol. The van der Waals surface area contributed by atoms with E-state index < -0.39 is 5.54 Å². The van der Waals surface area contributed by atoms with Crippen molar-refractivity contribution >= 4 is 0 Å². The molecule has 0 saturated carbocycles. The molecule has 2 nitrogen and oxygen atoms in total. The van der Waals surface area contributed by atoms with Gasteiger partial charge in [-0.25, -0.2) is 0 Å². The first-order chi connectivity index (χ1) is 4.54. The van der Waals surface area contributed by atoms with Crippen LogP contribution in [-0.2, 0) is 0 Å². The van der Waals surface area contributed by atoms with Gasteiger partial charge < -0.3 is 10.8 Å². The highest BCUT2D eigenvalue weighted by Crippen LogP contribution is 2.10. The molecule has 2 heteroatoms. The molecule has 0 aromatic heterocycles. The third kappa shape index (κ3) is 2.33. The van der Waals surface area contributed by atoms with E-state index in [1.807, 2.05) is 6.92 Å². The fourth-order valence-electron chi connectivity index (χ4n) is 0.492. The molecular formula is C8H15NO. The molecule has 0 heterocycles. The Balaban J connectivity index is 4.31. The zero-order chi connectivity index (χ0) is 8.20. The fourth-order valence-corrected chi connectivity index (χ4v) is 0.492. The molecule has 1 unspecified atom stereocenters. The van der Waals surface area contributed by atoms with Gasteiger partial charge in [0.2, 0.25) is 0 Å². The van der Waals surface area contributed by atoms with Gasteiger partial charge >= 0.3 is 0 Å². The number of rotatable bonds is 3. The Labute approximate surface area is 62.0 Å². The summed E-state index contributed by atoms with van der Waals surface area (Å²) in [6.07, 6.45) is 3.46. The minimum absolute atomic E-state index is 0.0385. The van der Waals surface area contributed by atoms with E-state index in [-0.39, 0.29) is 6.61 Å². The second-order valence-corrected chi connectivity index (χ2v) is 2.66. The number of allylic oxidation sites excluding steroid dienone is 2. The van der Waals surface area contributed by atoms with Gasteiger partial charge in [0.05, 0.1) is 12.1 Å². The van der Waals surface area contributed by atoms with Crippen LogP contribution in [0.25, 0.3) is 0 Å². The van der Waals surface area contributed by atoms with Crippen molar-refractivity contribution in [1.82, 2.24) is 0 Å². The number of aliphatic hydroxyl groups is 1. The lowest BCUT2D eigenvalue weighted by atomic mass is 9.95. The van der Waals surface area contributed by atoms with Crippen molar-refractivity contribution in [3.63, 3.8) is 0 Å². The monoisotopic (exact) mass is 141 g/mol. The first kappa shape index (κ1) is 9.40. The van der Waals surface area contributed by atoms with Crippen molar-refractivity contribution in [3.8, 4) is 0 Å². The Morgan fingerprint density at radius 3 is 2.60 bits per heavy atom. The van der Waals surface area contributed by atoms with Gasteiger partial charge in [-0.15, -0.1) is 0 Å². The first-order valence-electron chi connectivity index (χ1n) is 3.24. The Hall–Kier alpha value is -0.600. The summed E-state index contributed by atoms with van der Waals surface area (Å²) in [5, 5.41) is 8.79. The van der Waals surface area contributed by atoms with Gasteiger partial charge in [-0.05, 0) is 13.8 Å². The largest absolute Gasteiger partial charge is 0.394 e. The Kier molecular flexibility index (Phi) is 3.33. The fraction of sp³-hybridized carbons (Fsp3) is 0.500. The molecule has 10 heavy (non-hydrogen) atoms. The third-order valence-corrected chi connectivity index (χ3v) is 1.60. The topological polar surface area (TPSA) is 46.2 Å². The maximum Gasteiger partial charge on any atom is 0.0647 e. The third-order valence-electron chi connectivity index (χ3n) is 1.60. The Bertz CT molecular complexity index is 147. The zero-order valence-corrected chi connectivity index (χ0v) is 6.59. The summed E-state index contributed by atoms with van der Waals surface area (Å²) in [6.45, 7) is 7.15. The zero-order valence-electron chi connectivity index (χ0n) is 6.59. The minimum Gasteiger partial charge on any atom is -0.394 e. The standard InChI is InChI=1S/C8H15NO/c1-4-5-7(2)8(3,9)6-10/h4-5,10H,1,6,9H2,2-3H3/b7-5+. The Morgan fingerprint density at radius 1 is 1.80 bits per heavy atom. The van der Waals surface area contributed by atoms with Crippen LogP contribution in [0.3, 0.4) is 0 Å². The van der Waals surface area contributed by atoms with Gasteiger partial charge in [-0.3, -0.25) is 0 Å². The van der Waals surface area contributed by atoms with E-state index in [9.17, 15) is 0 Å². The molecule has 0 radical (unpaired) electrons. The van der Waals surface area contributed by atoms with Crippen LogP contribution in [0.4, 0.5) is 0 Å². The first-order valence-corrected chi connectivity index (χ1v) is 3.24. The van der Waals surface area contributed by atoms with E-state index in [2.05, 4.69) is 6.58 Å². The number of hydrogen-bond donors (Lipinski definition) is 2. The molecule has 0 aliphatic rings. The van der Waals surface area contributed by atoms with Crippen LogP contribution < -0.4 is 5.73 Å². The minimum atomic E-state index is -0.603. The predicted molar refractivity (Wildman–Crippen MR) is 43.6 cm³/mol. The molecule has 0 aromatic rings. The van der Waals surface area contributed by atoms with Crippen LogP contribution in [0.15, 0.2) is 24.3 Å². The van der Waals surface area contributed by atoms with Crippen molar-refractivity contribution in [2.45, 2.75) is 19.4 Å². The van der Waals surface area contributed by atoms with E-state index in [1.54, 1.807) is 19.1 Å². The molecule has 0 spiro atoms. The molecule has 3 N–H and O–H groups in total. The molecule has 0 bridgehead atoms. The second kappa shape index (κ2) is 3.54. The van der Waals surface area contributed by atoms with E-state index in [0.717, 1.165) is 5.57 Å². The van der Waals surface area contributed by atoms with Gasteiger partial charge in [0.1, 0.15) is 0 Å². The van der Waals surface area contributed by atoms with Gasteiger partial charge in [0, 0.05) is 0 Å². The number of nitrogens with two attached hydrogens (primary N) is 1. The maximum atomic E-state index is 8.79. The average Bonchev–Trinajstić information content (AvgIpc) is 1.89. The lowest BCUT2D eigenvalue weighted by Crippen LogP contribution is -2.41. The van der Waals surface area contributed by atoms with Crippen LogP contribution in [0, 0.1) is 0 Å². The van der Waals surface area contributed by atoms with Gasteiger partial charge in [-0.1, -0.05) is 24.3 Å². The summed E-state index contributed by atoms with van der Waals surface area (Å²) < 4.78 is 0. The van der Waals surface area contributed by atoms with Crippen LogP contribution >= 0.6 is 0 Å². The SMILES string of the molecule is C=C/C=C(\C)C(C)(N)CO. The van der Waals surface area contributed by atoms with Crippen LogP contribution in [0.5, 0.6) is 0 Å². The summed E-state index contributed by atoms with van der Waals surface area (Å²) >= 11 is 0. The van der Waals surface area contributed by atoms with Gasteiger partial charge in [0.15, 0.2) is 0 Å². The smallest absolute Gasteiger partial charge is 0.0647 e. The van der Waals surface area contributed by atoms with Crippen molar-refractivity contribution in [2.75, 3.05) is 6.61 Å². The second-order valence-electron chi connectivity index (χ2n) is 2.66. The highest BCUT2D eigenvalue weighted by atomic mass is 16.3. The highest BCUT2D eigenvalue weighted by Gasteiger charge is 2.17. The summed E-state index contributed by atoms with van der Waals surface area (Å²) in [4.78, 5) is 0. The van der Waals surface area contributed by atoms with Crippen LogP contribution in [0.2, 0.25) is 0 Å². The summed E-state index contributed by atoms with van der Waals surface area (Å²) in [5.41, 5.74) is 6.01. The van der Waals surface area contributed by atoms with Crippen molar-refractivity contribution in [1.29, 1.82) is 0 Å². The number of aliphatic hydroxyl groups excluding tert-OH is 1. The van der Waals surface area contributed by atoms with Crippen molar-refractivity contribution < 1.29 is 5.11 Å². The number of hydrogen-bond acceptors (Lipinski definition) is 2. The van der Waals surface area contributed by atoms with Gasteiger partial charge in [0.25, 0.3) is 0 Å². The van der Waals surface area contributed by atoms with E-state index in [4.69, 9.17) is 10.8 Å². The molecule has 0 amide bonds. The predicted octanol–water partition coefficient (Wildman–Crippen LogP) is 0.828. The van der Waals surface area contributed by atoms with Gasteiger partial charge in [-0.2, -0.15) is 0 Å². The lowest BCUT2D eigenvalue weighted by Gasteiger charge is -2.22. The molecule has 0 rings (SSSR count). The summed E-state index contributed by atoms with van der Waals surface area (Å²) in [5.74, 6) is 0. The lowest BCUT2D eigenvalue weighted by molar-refractivity contribution is 0.231. The molecule has 0 aliphatic carbocycles. The summed E-state index contributed by atoms with van der Waals surface area (Å²) in [6, 6.07) is 0. The molecule has 0 saturated heterocycles. The Morgan fingerprint density at radius 2 is 2.30 bits per heavy atom. The van der Waals surface area contributed by atoms with Crippen LogP contribution in [0.1, 0.15) is 13.8 Å². The van der Waals surface area contributed by atoms with Crippen molar-refractivity contribution in [3.05, 3.63) is 24.3 Å².